The summed E-state index contributed by atoms with van der Waals surface area (Å²) in [5, 5.41) is 8.92. The average Bonchev–Trinajstić information content (AvgIpc) is 1.97. The molecule has 0 fully saturated rings. The molecule has 11 heavy (non-hydrogen) atoms. The van der Waals surface area contributed by atoms with Gasteiger partial charge in [-0.15, -0.1) is 6.42 Å². The molecular formula is C8H4ClFO. The first-order chi connectivity index (χ1) is 5.15. The largest absolute Gasteiger partial charge is 0.506 e. The molecule has 0 spiro atoms. The lowest BCUT2D eigenvalue weighted by Gasteiger charge is -1.97. The van der Waals surface area contributed by atoms with E-state index in [1.165, 1.54) is 0 Å². The standard InChI is InChI=1S/C8H4ClFO/c1-2-5-3-8(11)6(9)4-7(5)10/h1,3-4,11H. The molecule has 56 valence electrons. The maximum Gasteiger partial charge on any atom is 0.140 e. The van der Waals surface area contributed by atoms with Crippen LogP contribution in [0.4, 0.5) is 4.39 Å². The number of hydrogen-bond acceptors (Lipinski definition) is 1. The molecule has 0 amide bonds. The normalized spacial score (nSPS) is 9.18. The van der Waals surface area contributed by atoms with Crippen LogP contribution in [-0.2, 0) is 0 Å². The van der Waals surface area contributed by atoms with Crippen LogP contribution in [0.3, 0.4) is 0 Å². The molecule has 1 aromatic carbocycles. The molecule has 0 saturated carbocycles. The zero-order valence-electron chi connectivity index (χ0n) is 5.44. The van der Waals surface area contributed by atoms with Crippen LogP contribution >= 0.6 is 11.6 Å². The molecule has 0 unspecified atom stereocenters. The summed E-state index contributed by atoms with van der Waals surface area (Å²) < 4.78 is 12.7. The van der Waals surface area contributed by atoms with Gasteiger partial charge in [0.2, 0.25) is 0 Å². The van der Waals surface area contributed by atoms with E-state index in [0.717, 1.165) is 12.1 Å². The third kappa shape index (κ3) is 1.44. The Morgan fingerprint density at radius 2 is 2.18 bits per heavy atom. The van der Waals surface area contributed by atoms with Gasteiger partial charge in [0, 0.05) is 6.07 Å². The first-order valence-electron chi connectivity index (χ1n) is 2.79. The summed E-state index contributed by atoms with van der Waals surface area (Å²) in [7, 11) is 0. The van der Waals surface area contributed by atoms with Gasteiger partial charge in [-0.2, -0.15) is 0 Å². The highest BCUT2D eigenvalue weighted by Crippen LogP contribution is 2.25. The van der Waals surface area contributed by atoms with Crippen LogP contribution in [0.2, 0.25) is 5.02 Å². The Labute approximate surface area is 68.4 Å². The van der Waals surface area contributed by atoms with Crippen LogP contribution in [0.1, 0.15) is 5.56 Å². The summed E-state index contributed by atoms with van der Waals surface area (Å²) in [6, 6.07) is 2.09. The van der Waals surface area contributed by atoms with Crippen LogP contribution < -0.4 is 0 Å². The lowest BCUT2D eigenvalue weighted by Crippen LogP contribution is -1.82. The summed E-state index contributed by atoms with van der Waals surface area (Å²) in [6.45, 7) is 0. The number of aromatic hydroxyl groups is 1. The van der Waals surface area contributed by atoms with Gasteiger partial charge in [-0.25, -0.2) is 4.39 Å². The maximum atomic E-state index is 12.7. The molecule has 0 bridgehead atoms. The number of rotatable bonds is 0. The minimum absolute atomic E-state index is 0.00639. The quantitative estimate of drug-likeness (QED) is 0.592. The number of terminal acetylenes is 1. The van der Waals surface area contributed by atoms with Crippen molar-refractivity contribution in [2.75, 3.05) is 0 Å². The first kappa shape index (κ1) is 7.90. The molecular weight excluding hydrogens is 167 g/mol. The fraction of sp³-hybridized carbons (Fsp3) is 0. The second kappa shape index (κ2) is 2.81. The van der Waals surface area contributed by atoms with Gasteiger partial charge in [-0.3, -0.25) is 0 Å². The molecule has 0 saturated heterocycles. The summed E-state index contributed by atoms with van der Waals surface area (Å²) in [4.78, 5) is 0. The fourth-order valence-electron chi connectivity index (χ4n) is 0.648. The Morgan fingerprint density at radius 1 is 1.55 bits per heavy atom. The Kier molecular flexibility index (Phi) is 2.02. The van der Waals surface area contributed by atoms with Gasteiger partial charge < -0.3 is 5.11 Å². The minimum atomic E-state index is -0.602. The zero-order chi connectivity index (χ0) is 8.43. The highest BCUT2D eigenvalue weighted by molar-refractivity contribution is 6.32. The highest BCUT2D eigenvalue weighted by atomic mass is 35.5. The highest BCUT2D eigenvalue weighted by Gasteiger charge is 2.04. The van der Waals surface area contributed by atoms with Crippen molar-refractivity contribution in [2.45, 2.75) is 0 Å². The number of halogens is 2. The molecule has 1 N–H and O–H groups in total. The SMILES string of the molecule is C#Cc1cc(O)c(Cl)cc1F. The average molecular weight is 171 g/mol. The molecule has 0 aliphatic heterocycles. The van der Waals surface area contributed by atoms with Crippen molar-refractivity contribution in [3.05, 3.63) is 28.5 Å². The van der Waals surface area contributed by atoms with Crippen LogP contribution in [0.15, 0.2) is 12.1 Å². The third-order valence-electron chi connectivity index (χ3n) is 1.19. The molecule has 1 nitrogen and oxygen atoms in total. The molecule has 1 rings (SSSR count). The smallest absolute Gasteiger partial charge is 0.140 e. The van der Waals surface area contributed by atoms with Gasteiger partial charge in [-0.1, -0.05) is 17.5 Å². The van der Waals surface area contributed by atoms with Gasteiger partial charge in [0.15, 0.2) is 0 Å². The van der Waals surface area contributed by atoms with E-state index in [0.29, 0.717) is 0 Å². The Hall–Kier alpha value is -1.20. The zero-order valence-corrected chi connectivity index (χ0v) is 6.19. The molecule has 0 heterocycles. The van der Waals surface area contributed by atoms with Gasteiger partial charge in [0.1, 0.15) is 11.6 Å². The molecule has 0 aliphatic rings. The van der Waals surface area contributed by atoms with E-state index in [-0.39, 0.29) is 16.3 Å². The summed E-state index contributed by atoms with van der Waals surface area (Å²) in [5.41, 5.74) is 0.00639. The van der Waals surface area contributed by atoms with Crippen molar-refractivity contribution in [1.82, 2.24) is 0 Å². The molecule has 0 aromatic heterocycles. The van der Waals surface area contributed by atoms with E-state index < -0.39 is 5.82 Å². The van der Waals surface area contributed by atoms with Crippen molar-refractivity contribution in [1.29, 1.82) is 0 Å². The number of benzene rings is 1. The van der Waals surface area contributed by atoms with Crippen LogP contribution in [0.25, 0.3) is 0 Å². The minimum Gasteiger partial charge on any atom is -0.506 e. The second-order valence-electron chi connectivity index (χ2n) is 1.93. The van der Waals surface area contributed by atoms with Crippen molar-refractivity contribution in [3.8, 4) is 18.1 Å². The lowest BCUT2D eigenvalue weighted by atomic mass is 10.2. The third-order valence-corrected chi connectivity index (χ3v) is 1.49. The van der Waals surface area contributed by atoms with Crippen molar-refractivity contribution in [3.63, 3.8) is 0 Å². The summed E-state index contributed by atoms with van der Waals surface area (Å²) >= 11 is 5.38. The number of phenolic OH excluding ortho intramolecular Hbond substituents is 1. The fourth-order valence-corrected chi connectivity index (χ4v) is 0.799. The lowest BCUT2D eigenvalue weighted by molar-refractivity contribution is 0.473. The predicted octanol–water partition coefficient (Wildman–Crippen LogP) is 2.17. The monoisotopic (exact) mass is 170 g/mol. The predicted molar refractivity (Wildman–Crippen MR) is 41.0 cm³/mol. The van der Waals surface area contributed by atoms with E-state index in [2.05, 4.69) is 5.92 Å². The van der Waals surface area contributed by atoms with Crippen LogP contribution in [-0.4, -0.2) is 5.11 Å². The molecule has 3 heteroatoms. The van der Waals surface area contributed by atoms with Crippen molar-refractivity contribution < 1.29 is 9.50 Å². The molecule has 0 radical (unpaired) electrons. The van der Waals surface area contributed by atoms with Gasteiger partial charge in [0.25, 0.3) is 0 Å². The first-order valence-corrected chi connectivity index (χ1v) is 3.17. The second-order valence-corrected chi connectivity index (χ2v) is 2.34. The van der Waals surface area contributed by atoms with Crippen molar-refractivity contribution >= 4 is 11.6 Å². The van der Waals surface area contributed by atoms with E-state index in [1.54, 1.807) is 0 Å². The van der Waals surface area contributed by atoms with Crippen LogP contribution in [0.5, 0.6) is 5.75 Å². The topological polar surface area (TPSA) is 20.2 Å². The maximum absolute atomic E-state index is 12.7. The summed E-state index contributed by atoms with van der Waals surface area (Å²) in [6.07, 6.45) is 4.93. The number of hydrogen-bond donors (Lipinski definition) is 1. The Balaban J connectivity index is 3.35. The van der Waals surface area contributed by atoms with Gasteiger partial charge >= 0.3 is 0 Å². The molecule has 1 aromatic rings. The van der Waals surface area contributed by atoms with E-state index >= 15 is 0 Å². The summed E-state index contributed by atoms with van der Waals surface area (Å²) in [5.74, 6) is 1.26. The van der Waals surface area contributed by atoms with E-state index in [1.807, 2.05) is 0 Å². The van der Waals surface area contributed by atoms with Crippen LogP contribution in [0, 0.1) is 18.2 Å². The molecule has 0 aliphatic carbocycles. The Morgan fingerprint density at radius 3 is 2.73 bits per heavy atom. The van der Waals surface area contributed by atoms with Gasteiger partial charge in [0.05, 0.1) is 10.6 Å². The van der Waals surface area contributed by atoms with E-state index in [9.17, 15) is 4.39 Å². The van der Waals surface area contributed by atoms with Gasteiger partial charge in [-0.05, 0) is 6.07 Å². The molecule has 0 atom stereocenters. The van der Waals surface area contributed by atoms with Crippen molar-refractivity contribution in [2.24, 2.45) is 0 Å². The Bertz CT molecular complexity index is 328. The van der Waals surface area contributed by atoms with E-state index in [4.69, 9.17) is 23.1 Å². The number of phenols is 1.